The van der Waals surface area contributed by atoms with Crippen molar-refractivity contribution in [1.29, 1.82) is 0 Å². The first-order valence-electron chi connectivity index (χ1n) is 14.7. The van der Waals surface area contributed by atoms with Crippen LogP contribution in [0.25, 0.3) is 0 Å². The summed E-state index contributed by atoms with van der Waals surface area (Å²) in [5.41, 5.74) is 0. The predicted molar refractivity (Wildman–Crippen MR) is 145 cm³/mol. The average molecular weight is 433 g/mol. The minimum absolute atomic E-state index is 1.26. The summed E-state index contributed by atoms with van der Waals surface area (Å²) in [6, 6.07) is 0. The highest BCUT2D eigenvalue weighted by Gasteiger charge is 1.95. The Labute approximate surface area is 198 Å². The topological polar surface area (TPSA) is 0 Å². The highest BCUT2D eigenvalue weighted by molar-refractivity contribution is 4.81. The van der Waals surface area contributed by atoms with Crippen molar-refractivity contribution >= 4 is 0 Å². The minimum atomic E-state index is 1.26. The number of hydrogen-bond acceptors (Lipinski definition) is 0. The van der Waals surface area contributed by atoms with Gasteiger partial charge in [0.2, 0.25) is 0 Å². The Morgan fingerprint density at radius 1 is 0.258 bits per heavy atom. The highest BCUT2D eigenvalue weighted by Crippen LogP contribution is 2.15. The van der Waals surface area contributed by atoms with E-state index in [9.17, 15) is 0 Å². The van der Waals surface area contributed by atoms with Crippen LogP contribution in [0.5, 0.6) is 0 Å². The van der Waals surface area contributed by atoms with Gasteiger partial charge >= 0.3 is 0 Å². The molecule has 0 aliphatic carbocycles. The van der Waals surface area contributed by atoms with Crippen molar-refractivity contribution in [3.05, 3.63) is 24.3 Å². The van der Waals surface area contributed by atoms with Crippen LogP contribution < -0.4 is 0 Å². The molecular formula is C31H60. The summed E-state index contributed by atoms with van der Waals surface area (Å²) in [7, 11) is 0. The van der Waals surface area contributed by atoms with Crippen LogP contribution in [0.15, 0.2) is 24.3 Å². The molecule has 0 aromatic heterocycles. The maximum absolute atomic E-state index is 2.41. The third kappa shape index (κ3) is 29.5. The van der Waals surface area contributed by atoms with E-state index in [2.05, 4.69) is 38.2 Å². The van der Waals surface area contributed by atoms with Gasteiger partial charge in [0.05, 0.1) is 0 Å². The van der Waals surface area contributed by atoms with Gasteiger partial charge in [0.15, 0.2) is 0 Å². The lowest BCUT2D eigenvalue weighted by Crippen LogP contribution is -1.84. The lowest BCUT2D eigenvalue weighted by atomic mass is 10.0. The van der Waals surface area contributed by atoms with Gasteiger partial charge in [-0.1, -0.05) is 160 Å². The molecule has 0 rings (SSSR count). The number of unbranched alkanes of at least 4 members (excludes halogenated alkanes) is 22. The molecule has 0 bridgehead atoms. The molecule has 0 aromatic rings. The Morgan fingerprint density at radius 2 is 0.516 bits per heavy atom. The van der Waals surface area contributed by atoms with Crippen molar-refractivity contribution in [2.75, 3.05) is 0 Å². The maximum Gasteiger partial charge on any atom is -0.0351 e. The Hall–Kier alpha value is -0.520. The van der Waals surface area contributed by atoms with Gasteiger partial charge in [0, 0.05) is 0 Å². The first kappa shape index (κ1) is 30.5. The fourth-order valence-electron chi connectivity index (χ4n) is 4.31. The van der Waals surface area contributed by atoms with Crippen LogP contribution in [0, 0.1) is 0 Å². The van der Waals surface area contributed by atoms with Crippen molar-refractivity contribution in [2.24, 2.45) is 0 Å². The summed E-state index contributed by atoms with van der Waals surface area (Å²) < 4.78 is 0. The summed E-state index contributed by atoms with van der Waals surface area (Å²) >= 11 is 0. The van der Waals surface area contributed by atoms with Gasteiger partial charge in [-0.2, -0.15) is 0 Å². The fourth-order valence-corrected chi connectivity index (χ4v) is 4.31. The summed E-state index contributed by atoms with van der Waals surface area (Å²) in [4.78, 5) is 0. The zero-order valence-corrected chi connectivity index (χ0v) is 22.0. The van der Waals surface area contributed by atoms with Crippen LogP contribution in [0.2, 0.25) is 0 Å². The smallest absolute Gasteiger partial charge is 0.0351 e. The number of allylic oxidation sites excluding steroid dienone is 4. The van der Waals surface area contributed by atoms with Gasteiger partial charge in [-0.05, 0) is 38.5 Å². The van der Waals surface area contributed by atoms with E-state index in [0.717, 1.165) is 0 Å². The van der Waals surface area contributed by atoms with Crippen LogP contribution in [0.3, 0.4) is 0 Å². The molecule has 0 aliphatic heterocycles. The Bertz CT molecular complexity index is 351. The van der Waals surface area contributed by atoms with E-state index in [1.165, 1.54) is 161 Å². The van der Waals surface area contributed by atoms with Gasteiger partial charge < -0.3 is 0 Å². The van der Waals surface area contributed by atoms with Crippen LogP contribution in [0.1, 0.15) is 174 Å². The minimum Gasteiger partial charge on any atom is -0.0885 e. The largest absolute Gasteiger partial charge is 0.0885 e. The third-order valence-corrected chi connectivity index (χ3v) is 6.50. The van der Waals surface area contributed by atoms with E-state index in [1.54, 1.807) is 0 Å². The molecule has 31 heavy (non-hydrogen) atoms. The summed E-state index contributed by atoms with van der Waals surface area (Å²) in [5.74, 6) is 0. The van der Waals surface area contributed by atoms with Gasteiger partial charge in [-0.3, -0.25) is 0 Å². The van der Waals surface area contributed by atoms with Gasteiger partial charge in [0.25, 0.3) is 0 Å². The van der Waals surface area contributed by atoms with Crippen molar-refractivity contribution in [1.82, 2.24) is 0 Å². The molecule has 0 amide bonds. The van der Waals surface area contributed by atoms with Crippen molar-refractivity contribution in [3.8, 4) is 0 Å². The zero-order chi connectivity index (χ0) is 22.5. The number of hydrogen-bond donors (Lipinski definition) is 0. The Kier molecular flexibility index (Phi) is 29.0. The highest BCUT2D eigenvalue weighted by atomic mass is 14.0. The monoisotopic (exact) mass is 432 g/mol. The normalized spacial score (nSPS) is 11.9. The van der Waals surface area contributed by atoms with Crippen LogP contribution in [-0.4, -0.2) is 0 Å². The van der Waals surface area contributed by atoms with Crippen LogP contribution >= 0.6 is 0 Å². The molecule has 0 fully saturated rings. The summed E-state index contributed by atoms with van der Waals surface area (Å²) in [6.07, 6.45) is 45.0. The van der Waals surface area contributed by atoms with Crippen molar-refractivity contribution in [3.63, 3.8) is 0 Å². The predicted octanol–water partition coefficient (Wildman–Crippen LogP) is 11.9. The van der Waals surface area contributed by atoms with Crippen LogP contribution in [-0.2, 0) is 0 Å². The second kappa shape index (κ2) is 29.5. The molecule has 0 saturated heterocycles. The quantitative estimate of drug-likeness (QED) is 0.0941. The second-order valence-corrected chi connectivity index (χ2v) is 9.82. The van der Waals surface area contributed by atoms with Gasteiger partial charge in [-0.25, -0.2) is 0 Å². The molecule has 184 valence electrons. The SMILES string of the molecule is CCC/C=C\CCCCCCCCCCCCCCCCCCCC/C=C\CCCC. The molecule has 0 spiro atoms. The van der Waals surface area contributed by atoms with E-state index >= 15 is 0 Å². The molecule has 0 N–H and O–H groups in total. The zero-order valence-electron chi connectivity index (χ0n) is 22.0. The summed E-state index contributed by atoms with van der Waals surface area (Å²) in [5, 5.41) is 0. The van der Waals surface area contributed by atoms with E-state index in [1.807, 2.05) is 0 Å². The lowest BCUT2D eigenvalue weighted by molar-refractivity contribution is 0.524. The molecule has 0 nitrogen and oxygen atoms in total. The van der Waals surface area contributed by atoms with Gasteiger partial charge in [-0.15, -0.1) is 0 Å². The molecule has 0 aliphatic rings. The Morgan fingerprint density at radius 3 is 0.806 bits per heavy atom. The fraction of sp³-hybridized carbons (Fsp3) is 0.871. The van der Waals surface area contributed by atoms with E-state index < -0.39 is 0 Å². The molecule has 0 atom stereocenters. The molecule has 0 aromatic carbocycles. The Balaban J connectivity index is 3.04. The van der Waals surface area contributed by atoms with Crippen molar-refractivity contribution in [2.45, 2.75) is 174 Å². The second-order valence-electron chi connectivity index (χ2n) is 9.82. The average Bonchev–Trinajstić information content (AvgIpc) is 2.78. The molecular weight excluding hydrogens is 372 g/mol. The summed E-state index contributed by atoms with van der Waals surface area (Å²) in [6.45, 7) is 4.52. The number of rotatable bonds is 26. The molecule has 0 saturated carbocycles. The standard InChI is InChI=1S/C31H60/c1-3-5-7-9-11-13-15-17-19-21-23-25-27-29-31-30-28-26-24-22-20-18-16-14-12-10-8-6-4-2/h7,9-10,12H,3-6,8,11,13-31H2,1-2H3/b9-7-,12-10-. The van der Waals surface area contributed by atoms with E-state index in [4.69, 9.17) is 0 Å². The third-order valence-electron chi connectivity index (χ3n) is 6.50. The first-order chi connectivity index (χ1) is 15.4. The molecule has 0 radical (unpaired) electrons. The maximum atomic E-state index is 2.41. The molecule has 0 heterocycles. The van der Waals surface area contributed by atoms with Crippen molar-refractivity contribution < 1.29 is 0 Å². The molecule has 0 unspecified atom stereocenters. The van der Waals surface area contributed by atoms with Gasteiger partial charge in [0.1, 0.15) is 0 Å². The van der Waals surface area contributed by atoms with Crippen LogP contribution in [0.4, 0.5) is 0 Å². The lowest BCUT2D eigenvalue weighted by Gasteiger charge is -2.04. The first-order valence-corrected chi connectivity index (χ1v) is 14.7. The molecule has 0 heteroatoms. The van der Waals surface area contributed by atoms with E-state index in [-0.39, 0.29) is 0 Å². The van der Waals surface area contributed by atoms with E-state index in [0.29, 0.717) is 0 Å².